The predicted octanol–water partition coefficient (Wildman–Crippen LogP) is 5.26. The lowest BCUT2D eigenvalue weighted by Crippen LogP contribution is -2.16. The average Bonchev–Trinajstić information content (AvgIpc) is 3.36. The summed E-state index contributed by atoms with van der Waals surface area (Å²) in [6, 6.07) is 4.51. The largest absolute Gasteiger partial charge is 0.462 e. The third-order valence-electron chi connectivity index (χ3n) is 4.21. The quantitative estimate of drug-likeness (QED) is 0.184. The molecular weight excluding hydrogens is 496 g/mol. The van der Waals surface area contributed by atoms with Crippen molar-refractivity contribution in [1.29, 1.82) is 0 Å². The van der Waals surface area contributed by atoms with E-state index in [1.54, 1.807) is 19.1 Å². The Hall–Kier alpha value is -3.75. The highest BCUT2D eigenvalue weighted by molar-refractivity contribution is 7.21. The van der Waals surface area contributed by atoms with E-state index in [9.17, 15) is 25.0 Å². The number of pyridine rings is 1. The Labute approximate surface area is 197 Å². The molecule has 0 aliphatic heterocycles. The van der Waals surface area contributed by atoms with E-state index in [1.165, 1.54) is 29.6 Å². The summed E-state index contributed by atoms with van der Waals surface area (Å²) in [6.07, 6.45) is 4.35. The van der Waals surface area contributed by atoms with Gasteiger partial charge in [-0.2, -0.15) is 0 Å². The monoisotopic (exact) mass is 506 g/mol. The number of nitrogens with zero attached hydrogens (tertiary/aromatic N) is 6. The van der Waals surface area contributed by atoms with Crippen molar-refractivity contribution >= 4 is 77.1 Å². The molecule has 0 saturated carbocycles. The maximum atomic E-state index is 12.7. The van der Waals surface area contributed by atoms with Crippen molar-refractivity contribution in [3.63, 3.8) is 0 Å². The minimum absolute atomic E-state index is 0.0174. The number of aromatic nitrogens is 3. The maximum Gasteiger partial charge on any atom is 0.345 e. The number of thiophene rings is 2. The van der Waals surface area contributed by atoms with Crippen molar-refractivity contribution in [3.05, 3.63) is 67.6 Å². The van der Waals surface area contributed by atoms with E-state index in [0.29, 0.717) is 27.2 Å². The third-order valence-corrected chi connectivity index (χ3v) is 6.81. The van der Waals surface area contributed by atoms with E-state index in [-0.39, 0.29) is 33.1 Å². The first-order valence-corrected chi connectivity index (χ1v) is 11.1. The van der Waals surface area contributed by atoms with Crippen LogP contribution < -0.4 is 4.90 Å². The fourth-order valence-corrected chi connectivity index (χ4v) is 5.10. The van der Waals surface area contributed by atoms with Gasteiger partial charge in [-0.3, -0.25) is 30.1 Å². The fourth-order valence-electron chi connectivity index (χ4n) is 2.87. The lowest BCUT2D eigenvalue weighted by atomic mass is 10.2. The molecule has 0 saturated heterocycles. The van der Waals surface area contributed by atoms with Gasteiger partial charge in [0, 0.05) is 30.0 Å². The normalized spacial score (nSPS) is 10.8. The van der Waals surface area contributed by atoms with E-state index < -0.39 is 20.8 Å². The zero-order valence-corrected chi connectivity index (χ0v) is 18.9. The molecule has 0 amide bonds. The molecule has 0 N–H and O–H groups in total. The highest BCUT2D eigenvalue weighted by Gasteiger charge is 2.35. The lowest BCUT2D eigenvalue weighted by Gasteiger charge is -2.21. The molecule has 15 heteroatoms. The van der Waals surface area contributed by atoms with Crippen LogP contribution in [0.25, 0.3) is 10.2 Å². The van der Waals surface area contributed by atoms with Crippen LogP contribution in [0, 0.1) is 20.2 Å². The number of rotatable bonds is 7. The highest BCUT2D eigenvalue weighted by Crippen LogP contribution is 2.49. The summed E-state index contributed by atoms with van der Waals surface area (Å²) in [7, 11) is 0. The molecule has 0 bridgehead atoms. The Balaban J connectivity index is 1.98. The molecule has 0 spiro atoms. The molecule has 0 aliphatic rings. The number of ether oxygens (including phenoxy) is 1. The number of halogens is 1. The molecule has 168 valence electrons. The van der Waals surface area contributed by atoms with E-state index in [2.05, 4.69) is 15.0 Å². The molecule has 0 aliphatic carbocycles. The Kier molecular flexibility index (Phi) is 6.13. The van der Waals surface area contributed by atoms with Gasteiger partial charge in [0.25, 0.3) is 0 Å². The Bertz CT molecular complexity index is 1390. The Morgan fingerprint density at radius 3 is 2.58 bits per heavy atom. The van der Waals surface area contributed by atoms with Gasteiger partial charge < -0.3 is 4.74 Å². The van der Waals surface area contributed by atoms with Crippen LogP contribution in [0.1, 0.15) is 17.3 Å². The molecule has 0 fully saturated rings. The van der Waals surface area contributed by atoms with Gasteiger partial charge in [-0.15, -0.1) is 0 Å². The smallest absolute Gasteiger partial charge is 0.345 e. The molecule has 12 nitrogen and oxygen atoms in total. The van der Waals surface area contributed by atoms with Crippen LogP contribution in [0.5, 0.6) is 0 Å². The molecular formula is C18H11ClN6O6S2. The van der Waals surface area contributed by atoms with Crippen LogP contribution in [0.2, 0.25) is 5.02 Å². The highest BCUT2D eigenvalue weighted by atomic mass is 35.5. The third kappa shape index (κ3) is 4.18. The van der Waals surface area contributed by atoms with Crippen LogP contribution in [-0.4, -0.2) is 37.4 Å². The van der Waals surface area contributed by atoms with E-state index in [4.69, 9.17) is 16.3 Å². The first-order chi connectivity index (χ1) is 15.8. The fraction of sp³-hybridized carbons (Fsp3) is 0.111. The molecule has 0 radical (unpaired) electrons. The maximum absolute atomic E-state index is 12.7. The number of nitro groups is 2. The van der Waals surface area contributed by atoms with Gasteiger partial charge in [0.2, 0.25) is 5.95 Å². The van der Waals surface area contributed by atoms with Gasteiger partial charge in [0.15, 0.2) is 0 Å². The minimum Gasteiger partial charge on any atom is -0.462 e. The minimum atomic E-state index is -0.853. The van der Waals surface area contributed by atoms with Crippen LogP contribution >= 0.6 is 34.3 Å². The van der Waals surface area contributed by atoms with Gasteiger partial charge in [-0.25, -0.2) is 14.8 Å². The van der Waals surface area contributed by atoms with Crippen LogP contribution in [-0.2, 0) is 4.74 Å². The molecule has 4 rings (SSSR count). The summed E-state index contributed by atoms with van der Waals surface area (Å²) in [5.41, 5.74) is 0.210. The van der Waals surface area contributed by atoms with Crippen LogP contribution in [0.4, 0.5) is 26.6 Å². The summed E-state index contributed by atoms with van der Waals surface area (Å²) in [6.45, 7) is 1.61. The molecule has 4 aromatic rings. The topological polar surface area (TPSA) is 154 Å². The predicted molar refractivity (Wildman–Crippen MR) is 122 cm³/mol. The Morgan fingerprint density at radius 1 is 1.21 bits per heavy atom. The number of fused-ring (bicyclic) bond motifs is 1. The van der Waals surface area contributed by atoms with Crippen molar-refractivity contribution in [1.82, 2.24) is 15.0 Å². The van der Waals surface area contributed by atoms with E-state index in [1.807, 2.05) is 0 Å². The van der Waals surface area contributed by atoms with Crippen molar-refractivity contribution in [2.75, 3.05) is 11.5 Å². The van der Waals surface area contributed by atoms with E-state index >= 15 is 0 Å². The standard InChI is InChI=1S/C18H11ClN6O6S2/c1-2-31-17(26)12-13(19)16(25(29)30)33-15(12)23(10-3-5-20-6-4-10)18-21-8-9-7-11(24(27)28)32-14(9)22-18/h3-8H,2H2,1H3. The SMILES string of the molecule is CCOC(=O)c1c(N(c2ccncc2)c2ncc3cc([N+](=O)[O-])sc3n2)sc([N+](=O)[O-])c1Cl. The molecule has 4 heterocycles. The summed E-state index contributed by atoms with van der Waals surface area (Å²) in [5.74, 6) is -0.836. The number of esters is 1. The molecule has 33 heavy (non-hydrogen) atoms. The number of carbonyl (C=O) groups is 1. The Morgan fingerprint density at radius 2 is 1.94 bits per heavy atom. The number of anilines is 3. The first kappa shape index (κ1) is 22.4. The van der Waals surface area contributed by atoms with Crippen LogP contribution in [0.3, 0.4) is 0 Å². The molecule has 0 unspecified atom stereocenters. The second-order valence-electron chi connectivity index (χ2n) is 6.19. The lowest BCUT2D eigenvalue weighted by molar-refractivity contribution is -0.380. The van der Waals surface area contributed by atoms with Crippen molar-refractivity contribution < 1.29 is 19.4 Å². The second kappa shape index (κ2) is 9.01. The van der Waals surface area contributed by atoms with Crippen molar-refractivity contribution in [2.24, 2.45) is 0 Å². The van der Waals surface area contributed by atoms with Crippen molar-refractivity contribution in [3.8, 4) is 0 Å². The summed E-state index contributed by atoms with van der Waals surface area (Å²) in [5, 5.41) is 22.3. The molecule has 4 aromatic heterocycles. The second-order valence-corrected chi connectivity index (χ2v) is 8.56. The zero-order valence-electron chi connectivity index (χ0n) is 16.5. The van der Waals surface area contributed by atoms with Gasteiger partial charge in [-0.05, 0) is 41.7 Å². The van der Waals surface area contributed by atoms with Gasteiger partial charge in [0.1, 0.15) is 20.4 Å². The number of hydrogen-bond donors (Lipinski definition) is 0. The average molecular weight is 507 g/mol. The number of carbonyl (C=O) groups excluding carboxylic acids is 1. The molecule has 0 aromatic carbocycles. The summed E-state index contributed by atoms with van der Waals surface area (Å²) >= 11 is 7.72. The van der Waals surface area contributed by atoms with Crippen molar-refractivity contribution in [2.45, 2.75) is 6.92 Å². The van der Waals surface area contributed by atoms with Gasteiger partial charge >= 0.3 is 16.0 Å². The molecule has 0 atom stereocenters. The summed E-state index contributed by atoms with van der Waals surface area (Å²) < 4.78 is 5.07. The van der Waals surface area contributed by atoms with Gasteiger partial charge in [-0.1, -0.05) is 11.6 Å². The van der Waals surface area contributed by atoms with E-state index in [0.717, 1.165) is 11.3 Å². The van der Waals surface area contributed by atoms with Crippen LogP contribution in [0.15, 0.2) is 36.8 Å². The number of hydrogen-bond acceptors (Lipinski definition) is 12. The zero-order chi connectivity index (χ0) is 23.7. The first-order valence-electron chi connectivity index (χ1n) is 9.06. The summed E-state index contributed by atoms with van der Waals surface area (Å²) in [4.78, 5) is 48.5. The van der Waals surface area contributed by atoms with Gasteiger partial charge in [0.05, 0.1) is 22.1 Å².